The third-order valence-corrected chi connectivity index (χ3v) is 5.47. The van der Waals surface area contributed by atoms with E-state index in [1.54, 1.807) is 7.11 Å². The van der Waals surface area contributed by atoms with Crippen molar-refractivity contribution in [2.24, 2.45) is 0 Å². The number of hydrogen-bond acceptors (Lipinski definition) is 2. The van der Waals surface area contributed by atoms with E-state index < -0.39 is 7.44 Å². The Morgan fingerprint density at radius 2 is 2.27 bits per heavy atom. The van der Waals surface area contributed by atoms with Gasteiger partial charge in [0.1, 0.15) is 0 Å². The summed E-state index contributed by atoms with van der Waals surface area (Å²) in [6, 6.07) is 0. The van der Waals surface area contributed by atoms with Crippen molar-refractivity contribution in [1.82, 2.24) is 5.09 Å². The summed E-state index contributed by atoms with van der Waals surface area (Å²) in [7, 11) is 3.22. The standard InChI is InChI=1S/C6H16N2O2P/c1-8(2)5-4-7-11(8,9)6-10-3/h4-6H2,1-3H3,(H,7,9)/q+1. The van der Waals surface area contributed by atoms with Crippen LogP contribution in [0.2, 0.25) is 0 Å². The summed E-state index contributed by atoms with van der Waals surface area (Å²) >= 11 is 0. The van der Waals surface area contributed by atoms with Crippen LogP contribution in [0.3, 0.4) is 0 Å². The summed E-state index contributed by atoms with van der Waals surface area (Å²) < 4.78 is 17.5. The Labute approximate surface area is 67.6 Å². The Morgan fingerprint density at radius 3 is 2.64 bits per heavy atom. The van der Waals surface area contributed by atoms with E-state index in [0.29, 0.717) is 10.6 Å². The van der Waals surface area contributed by atoms with Gasteiger partial charge in [0.05, 0.1) is 27.2 Å². The molecule has 0 saturated carbocycles. The molecule has 0 aromatic heterocycles. The first-order chi connectivity index (χ1) is 5.02. The molecule has 0 aromatic rings. The van der Waals surface area contributed by atoms with Gasteiger partial charge in [-0.15, -0.1) is 0 Å². The molecule has 1 aliphatic rings. The fraction of sp³-hybridized carbons (Fsp3) is 1.00. The summed E-state index contributed by atoms with van der Waals surface area (Å²) in [5.74, 6) is 0. The number of likely N-dealkylation sites (N-methyl/N-ethyl adjacent to an activating group) is 1. The Bertz CT molecular complexity index is 193. The highest BCUT2D eigenvalue weighted by atomic mass is 31.2. The number of rotatable bonds is 2. The molecule has 1 aliphatic heterocycles. The van der Waals surface area contributed by atoms with Crippen molar-refractivity contribution in [2.75, 3.05) is 40.6 Å². The number of nitrogens with one attached hydrogen (secondary N) is 1. The van der Waals surface area contributed by atoms with Gasteiger partial charge in [-0.1, -0.05) is 0 Å². The molecule has 0 amide bonds. The molecule has 1 saturated heterocycles. The normalized spacial score (nSPS) is 35.9. The molecule has 1 atom stereocenters. The topological polar surface area (TPSA) is 38.3 Å². The van der Waals surface area contributed by atoms with E-state index in [1.807, 2.05) is 14.1 Å². The number of ether oxygens (including phenoxy) is 1. The Balaban J connectivity index is 2.77. The monoisotopic (exact) mass is 179 g/mol. The van der Waals surface area contributed by atoms with Crippen LogP contribution in [0.4, 0.5) is 0 Å². The van der Waals surface area contributed by atoms with Gasteiger partial charge in [0.2, 0.25) is 0 Å². The van der Waals surface area contributed by atoms with Gasteiger partial charge >= 0.3 is 7.44 Å². The number of methoxy groups -OCH3 is 1. The summed E-state index contributed by atoms with van der Waals surface area (Å²) in [6.07, 6.45) is 0.333. The third kappa shape index (κ3) is 1.49. The Hall–Kier alpha value is 0.110. The van der Waals surface area contributed by atoms with Gasteiger partial charge in [-0.05, 0) is 0 Å². The van der Waals surface area contributed by atoms with Crippen molar-refractivity contribution in [3.05, 3.63) is 0 Å². The summed E-state index contributed by atoms with van der Waals surface area (Å²) in [6.45, 7) is 1.74. The van der Waals surface area contributed by atoms with Crippen LogP contribution >= 0.6 is 7.44 Å². The van der Waals surface area contributed by atoms with Crippen LogP contribution in [-0.2, 0) is 9.30 Å². The predicted molar refractivity (Wildman–Crippen MR) is 44.5 cm³/mol. The average Bonchev–Trinajstić information content (AvgIpc) is 2.09. The minimum atomic E-state index is -2.31. The molecular formula is C6H16N2O2P+. The predicted octanol–water partition coefficient (Wildman–Crippen LogP) is 0.463. The summed E-state index contributed by atoms with van der Waals surface area (Å²) in [4.78, 5) is 0. The molecule has 1 unspecified atom stereocenters. The largest absolute Gasteiger partial charge is 0.370 e. The lowest BCUT2D eigenvalue weighted by Gasteiger charge is -2.29. The van der Waals surface area contributed by atoms with Crippen molar-refractivity contribution >= 4 is 7.44 Å². The number of quaternary nitrogens is 1. The molecule has 1 rings (SSSR count). The van der Waals surface area contributed by atoms with E-state index in [4.69, 9.17) is 4.74 Å². The first-order valence-corrected chi connectivity index (χ1v) is 5.53. The zero-order chi connectivity index (χ0) is 8.54. The molecular weight excluding hydrogens is 163 g/mol. The van der Waals surface area contributed by atoms with E-state index in [9.17, 15) is 4.57 Å². The van der Waals surface area contributed by atoms with Crippen LogP contribution in [0.5, 0.6) is 0 Å². The van der Waals surface area contributed by atoms with Crippen LogP contribution in [0, 0.1) is 0 Å². The Kier molecular flexibility index (Phi) is 2.40. The SMILES string of the molecule is COCP1(=O)NCC[N+]1(C)C. The lowest BCUT2D eigenvalue weighted by atomic mass is 10.6. The van der Waals surface area contributed by atoms with E-state index in [-0.39, 0.29) is 0 Å². The molecule has 0 aromatic carbocycles. The van der Waals surface area contributed by atoms with Crippen LogP contribution < -0.4 is 5.09 Å². The zero-order valence-electron chi connectivity index (χ0n) is 7.33. The van der Waals surface area contributed by atoms with E-state index in [2.05, 4.69) is 5.09 Å². The molecule has 0 bridgehead atoms. The second-order valence-electron chi connectivity index (χ2n) is 3.37. The van der Waals surface area contributed by atoms with Crippen molar-refractivity contribution < 1.29 is 13.6 Å². The number of nitrogens with zero attached hydrogens (tertiary/aromatic N) is 1. The smallest absolute Gasteiger partial charge is 0.343 e. The Morgan fingerprint density at radius 1 is 1.64 bits per heavy atom. The van der Waals surface area contributed by atoms with Gasteiger partial charge in [0.15, 0.2) is 6.35 Å². The first kappa shape index (κ1) is 9.20. The number of hydrogen-bond donors (Lipinski definition) is 1. The molecule has 1 N–H and O–H groups in total. The lowest BCUT2D eigenvalue weighted by Crippen LogP contribution is -2.34. The molecule has 11 heavy (non-hydrogen) atoms. The molecule has 66 valence electrons. The fourth-order valence-electron chi connectivity index (χ4n) is 1.23. The van der Waals surface area contributed by atoms with Gasteiger partial charge in [0, 0.05) is 7.11 Å². The molecule has 4 nitrogen and oxygen atoms in total. The van der Waals surface area contributed by atoms with Crippen molar-refractivity contribution in [1.29, 1.82) is 0 Å². The van der Waals surface area contributed by atoms with Gasteiger partial charge in [0.25, 0.3) is 0 Å². The molecule has 1 fully saturated rings. The quantitative estimate of drug-likeness (QED) is 0.626. The van der Waals surface area contributed by atoms with Crippen molar-refractivity contribution in [3.63, 3.8) is 0 Å². The molecule has 5 heteroatoms. The minimum Gasteiger partial charge on any atom is -0.370 e. The maximum atomic E-state index is 12.0. The molecule has 0 radical (unpaired) electrons. The van der Waals surface area contributed by atoms with Crippen molar-refractivity contribution in [3.8, 4) is 0 Å². The highest BCUT2D eigenvalue weighted by Gasteiger charge is 2.45. The highest BCUT2D eigenvalue weighted by Crippen LogP contribution is 2.52. The minimum absolute atomic E-state index is 0.333. The zero-order valence-corrected chi connectivity index (χ0v) is 8.23. The maximum absolute atomic E-state index is 12.0. The van der Waals surface area contributed by atoms with Crippen LogP contribution in [-0.4, -0.2) is 44.9 Å². The van der Waals surface area contributed by atoms with Gasteiger partial charge in [-0.25, -0.2) is 9.65 Å². The van der Waals surface area contributed by atoms with E-state index >= 15 is 0 Å². The second-order valence-corrected chi connectivity index (χ2v) is 6.43. The van der Waals surface area contributed by atoms with Crippen LogP contribution in [0.25, 0.3) is 0 Å². The molecule has 0 aliphatic carbocycles. The first-order valence-electron chi connectivity index (χ1n) is 3.68. The highest BCUT2D eigenvalue weighted by molar-refractivity contribution is 7.56. The maximum Gasteiger partial charge on any atom is 0.343 e. The van der Waals surface area contributed by atoms with E-state index in [1.165, 1.54) is 0 Å². The van der Waals surface area contributed by atoms with Crippen LogP contribution in [0.15, 0.2) is 0 Å². The van der Waals surface area contributed by atoms with Gasteiger partial charge < -0.3 is 4.74 Å². The molecule has 1 heterocycles. The van der Waals surface area contributed by atoms with Gasteiger partial charge in [-0.3, -0.25) is 4.25 Å². The fourth-order valence-corrected chi connectivity index (χ4v) is 3.24. The van der Waals surface area contributed by atoms with E-state index in [0.717, 1.165) is 13.1 Å². The lowest BCUT2D eigenvalue weighted by molar-refractivity contribution is -0.762. The second kappa shape index (κ2) is 2.87. The summed E-state index contributed by atoms with van der Waals surface area (Å²) in [5.41, 5.74) is 0. The summed E-state index contributed by atoms with van der Waals surface area (Å²) in [5, 5.41) is 3.03. The van der Waals surface area contributed by atoms with Crippen LogP contribution in [0.1, 0.15) is 0 Å². The average molecular weight is 179 g/mol. The molecule has 0 spiro atoms. The van der Waals surface area contributed by atoms with Gasteiger partial charge in [-0.2, -0.15) is 0 Å². The third-order valence-electron chi connectivity index (χ3n) is 2.20. The van der Waals surface area contributed by atoms with Crippen molar-refractivity contribution in [2.45, 2.75) is 0 Å².